The summed E-state index contributed by atoms with van der Waals surface area (Å²) >= 11 is 1.32. The van der Waals surface area contributed by atoms with Crippen molar-refractivity contribution >= 4 is 22.9 Å². The second kappa shape index (κ2) is 9.09. The molecule has 1 aromatic heterocycles. The molecule has 0 aliphatic carbocycles. The van der Waals surface area contributed by atoms with Crippen LogP contribution in [0.3, 0.4) is 0 Å². The molecule has 8 heteroatoms. The zero-order valence-electron chi connectivity index (χ0n) is 16.7. The number of alkyl halides is 3. The summed E-state index contributed by atoms with van der Waals surface area (Å²) in [6.07, 6.45) is -3.17. The van der Waals surface area contributed by atoms with E-state index in [9.17, 15) is 18.0 Å². The first-order chi connectivity index (χ1) is 14.9. The van der Waals surface area contributed by atoms with Gasteiger partial charge in [-0.15, -0.1) is 11.3 Å². The number of thiazole rings is 1. The number of carbonyl (C=O) groups excluding carboxylic acids is 1. The fourth-order valence-electron chi connectivity index (χ4n) is 3.68. The maximum Gasteiger partial charge on any atom is 0.416 e. The maximum absolute atomic E-state index is 12.7. The first kappa shape index (κ1) is 21.4. The van der Waals surface area contributed by atoms with E-state index in [4.69, 9.17) is 0 Å². The molecule has 4 rings (SSSR count). The Labute approximate surface area is 182 Å². The highest BCUT2D eigenvalue weighted by Crippen LogP contribution is 2.32. The number of hydrogen-bond donors (Lipinski definition) is 1. The molecule has 4 nitrogen and oxygen atoms in total. The van der Waals surface area contributed by atoms with Crippen LogP contribution in [0.1, 0.15) is 17.7 Å². The van der Waals surface area contributed by atoms with Crippen molar-refractivity contribution in [2.24, 2.45) is 5.92 Å². The van der Waals surface area contributed by atoms with Crippen LogP contribution in [0, 0.1) is 5.92 Å². The van der Waals surface area contributed by atoms with Crippen molar-refractivity contribution in [1.29, 1.82) is 0 Å². The van der Waals surface area contributed by atoms with E-state index >= 15 is 0 Å². The first-order valence-electron chi connectivity index (χ1n) is 10.1. The molecule has 1 fully saturated rings. The molecule has 0 bridgehead atoms. The van der Waals surface area contributed by atoms with Crippen LogP contribution in [-0.4, -0.2) is 30.5 Å². The van der Waals surface area contributed by atoms with Crippen LogP contribution in [0.2, 0.25) is 0 Å². The third kappa shape index (κ3) is 5.44. The Morgan fingerprint density at radius 3 is 2.58 bits per heavy atom. The number of anilines is 1. The summed E-state index contributed by atoms with van der Waals surface area (Å²) in [5.41, 5.74) is 1.74. The van der Waals surface area contributed by atoms with Gasteiger partial charge in [-0.1, -0.05) is 30.3 Å². The van der Waals surface area contributed by atoms with Gasteiger partial charge in [0.1, 0.15) is 5.01 Å². The number of nitrogens with zero attached hydrogens (tertiary/aromatic N) is 2. The van der Waals surface area contributed by atoms with Gasteiger partial charge in [0.05, 0.1) is 17.7 Å². The van der Waals surface area contributed by atoms with Gasteiger partial charge in [-0.05, 0) is 36.6 Å². The summed E-state index contributed by atoms with van der Waals surface area (Å²) in [4.78, 5) is 19.1. The molecule has 1 N–H and O–H groups in total. The second-order valence-corrected chi connectivity index (χ2v) is 8.49. The number of aromatic nitrogens is 1. The van der Waals surface area contributed by atoms with E-state index in [1.165, 1.54) is 29.2 Å². The van der Waals surface area contributed by atoms with Crippen molar-refractivity contribution in [3.05, 3.63) is 71.2 Å². The smallest absolute Gasteiger partial charge is 0.371 e. The zero-order chi connectivity index (χ0) is 21.8. The fraction of sp³-hybridized carbons (Fsp3) is 0.304. The third-order valence-electron chi connectivity index (χ3n) is 5.35. The molecular weight excluding hydrogens is 423 g/mol. The molecule has 0 saturated carbocycles. The molecule has 0 radical (unpaired) electrons. The predicted octanol–water partition coefficient (Wildman–Crippen LogP) is 5.01. The van der Waals surface area contributed by atoms with Gasteiger partial charge in [-0.3, -0.25) is 4.79 Å². The lowest BCUT2D eigenvalue weighted by molar-refractivity contribution is -0.137. The van der Waals surface area contributed by atoms with Crippen molar-refractivity contribution in [2.75, 3.05) is 24.5 Å². The minimum atomic E-state index is -4.36. The van der Waals surface area contributed by atoms with E-state index < -0.39 is 11.7 Å². The van der Waals surface area contributed by atoms with E-state index in [1.807, 2.05) is 18.2 Å². The monoisotopic (exact) mass is 445 g/mol. The predicted molar refractivity (Wildman–Crippen MR) is 116 cm³/mol. The average molecular weight is 446 g/mol. The van der Waals surface area contributed by atoms with Crippen molar-refractivity contribution in [2.45, 2.75) is 19.0 Å². The highest BCUT2D eigenvalue weighted by Gasteiger charge is 2.30. The van der Waals surface area contributed by atoms with Gasteiger partial charge >= 0.3 is 6.18 Å². The van der Waals surface area contributed by atoms with Crippen LogP contribution in [0.4, 0.5) is 18.9 Å². The van der Waals surface area contributed by atoms with Gasteiger partial charge in [0.2, 0.25) is 5.91 Å². The second-order valence-electron chi connectivity index (χ2n) is 7.64. The summed E-state index contributed by atoms with van der Waals surface area (Å²) in [6, 6.07) is 15.1. The quantitative estimate of drug-likeness (QED) is 0.580. The summed E-state index contributed by atoms with van der Waals surface area (Å²) in [6.45, 7) is 2.52. The third-order valence-corrected chi connectivity index (χ3v) is 6.29. The topological polar surface area (TPSA) is 45.2 Å². The van der Waals surface area contributed by atoms with Crippen LogP contribution >= 0.6 is 11.3 Å². The van der Waals surface area contributed by atoms with Crippen LogP contribution in [0.25, 0.3) is 10.6 Å². The molecular formula is C23H22F3N3OS. The molecule has 1 saturated heterocycles. The molecule has 2 heterocycles. The zero-order valence-corrected chi connectivity index (χ0v) is 17.5. The van der Waals surface area contributed by atoms with Crippen molar-refractivity contribution in [1.82, 2.24) is 10.3 Å². The molecule has 1 aliphatic heterocycles. The Balaban J connectivity index is 1.27. The molecule has 1 atom stereocenters. The number of carbonyl (C=O) groups is 1. The van der Waals surface area contributed by atoms with Gasteiger partial charge in [0.15, 0.2) is 0 Å². The number of hydrogen-bond acceptors (Lipinski definition) is 4. The van der Waals surface area contributed by atoms with E-state index in [1.54, 1.807) is 5.38 Å². The number of halogens is 3. The maximum atomic E-state index is 12.7. The normalized spacial score (nSPS) is 16.5. The van der Waals surface area contributed by atoms with Crippen LogP contribution in [0.5, 0.6) is 0 Å². The molecule has 1 amide bonds. The number of benzene rings is 2. The minimum Gasteiger partial charge on any atom is -0.371 e. The van der Waals surface area contributed by atoms with Crippen LogP contribution < -0.4 is 10.2 Å². The molecule has 0 spiro atoms. The van der Waals surface area contributed by atoms with Gasteiger partial charge in [0.25, 0.3) is 0 Å². The van der Waals surface area contributed by atoms with Crippen LogP contribution in [0.15, 0.2) is 60.0 Å². The lowest BCUT2D eigenvalue weighted by Crippen LogP contribution is -2.32. The Bertz CT molecular complexity index is 1020. The highest BCUT2D eigenvalue weighted by atomic mass is 32.1. The van der Waals surface area contributed by atoms with Gasteiger partial charge < -0.3 is 10.2 Å². The standard InChI is InChI=1S/C23H22F3N3OS/c24-23(25,26)18-8-6-17(7-9-18)22-28-19(15-31-22)12-21(30)27-13-16-10-11-29(14-16)20-4-2-1-3-5-20/h1-9,15-16H,10-14H2,(H,27,30). The molecule has 2 aromatic carbocycles. The van der Waals surface area contributed by atoms with Gasteiger partial charge in [-0.25, -0.2) is 4.98 Å². The molecule has 1 aliphatic rings. The van der Waals surface area contributed by atoms with E-state index in [2.05, 4.69) is 27.3 Å². The molecule has 162 valence electrons. The van der Waals surface area contributed by atoms with E-state index in [0.29, 0.717) is 28.7 Å². The minimum absolute atomic E-state index is 0.0950. The number of amides is 1. The van der Waals surface area contributed by atoms with E-state index in [-0.39, 0.29) is 12.3 Å². The number of rotatable bonds is 6. The summed E-state index contributed by atoms with van der Waals surface area (Å²) < 4.78 is 38.1. The van der Waals surface area contributed by atoms with Crippen molar-refractivity contribution < 1.29 is 18.0 Å². The lowest BCUT2D eigenvalue weighted by atomic mass is 10.1. The summed E-state index contributed by atoms with van der Waals surface area (Å²) in [7, 11) is 0. The molecule has 3 aromatic rings. The van der Waals surface area contributed by atoms with Crippen molar-refractivity contribution in [3.8, 4) is 10.6 Å². The number of nitrogens with one attached hydrogen (secondary N) is 1. The van der Waals surface area contributed by atoms with Crippen molar-refractivity contribution in [3.63, 3.8) is 0 Å². The molecule has 31 heavy (non-hydrogen) atoms. The Morgan fingerprint density at radius 2 is 1.87 bits per heavy atom. The fourth-order valence-corrected chi connectivity index (χ4v) is 4.51. The van der Waals surface area contributed by atoms with Crippen LogP contribution in [-0.2, 0) is 17.4 Å². The first-order valence-corrected chi connectivity index (χ1v) is 10.9. The SMILES string of the molecule is O=C(Cc1csc(-c2ccc(C(F)(F)F)cc2)n1)NCC1CCN(c2ccccc2)C1. The summed E-state index contributed by atoms with van der Waals surface area (Å²) in [5.74, 6) is 0.310. The molecule has 1 unspecified atom stereocenters. The Hall–Kier alpha value is -2.87. The number of para-hydroxylation sites is 1. The summed E-state index contributed by atoms with van der Waals surface area (Å²) in [5, 5.41) is 5.37. The Morgan fingerprint density at radius 1 is 1.13 bits per heavy atom. The Kier molecular flexibility index (Phi) is 6.27. The average Bonchev–Trinajstić information content (AvgIpc) is 3.42. The largest absolute Gasteiger partial charge is 0.416 e. The van der Waals surface area contributed by atoms with Gasteiger partial charge in [-0.2, -0.15) is 13.2 Å². The highest BCUT2D eigenvalue weighted by molar-refractivity contribution is 7.13. The van der Waals surface area contributed by atoms with E-state index in [0.717, 1.165) is 31.6 Å². The van der Waals surface area contributed by atoms with Gasteiger partial charge in [0, 0.05) is 36.3 Å². The lowest BCUT2D eigenvalue weighted by Gasteiger charge is -2.18.